The molecule has 0 spiro atoms. The highest BCUT2D eigenvalue weighted by Gasteiger charge is 2.18. The molecule has 1 rings (SSSR count). The van der Waals surface area contributed by atoms with Crippen molar-refractivity contribution in [1.29, 1.82) is 0 Å². The Hall–Kier alpha value is -1.98. The van der Waals surface area contributed by atoms with Crippen LogP contribution in [0.5, 0.6) is 0 Å². The number of nitrogens with one attached hydrogen (secondary N) is 1. The van der Waals surface area contributed by atoms with Gasteiger partial charge in [0.1, 0.15) is 5.82 Å². The predicted molar refractivity (Wildman–Crippen MR) is 51.2 cm³/mol. The SMILES string of the molecule is CNC(=O)c1cc([N+](=O)[O-])c(C)cc1F. The lowest BCUT2D eigenvalue weighted by Crippen LogP contribution is -2.19. The monoisotopic (exact) mass is 212 g/mol. The molecule has 0 bridgehead atoms. The van der Waals surface area contributed by atoms with E-state index in [9.17, 15) is 19.3 Å². The van der Waals surface area contributed by atoms with Crippen molar-refractivity contribution in [3.8, 4) is 0 Å². The smallest absolute Gasteiger partial charge is 0.273 e. The number of halogens is 1. The maximum Gasteiger partial charge on any atom is 0.273 e. The van der Waals surface area contributed by atoms with Gasteiger partial charge in [-0.3, -0.25) is 14.9 Å². The minimum absolute atomic E-state index is 0.185. The van der Waals surface area contributed by atoms with Crippen molar-refractivity contribution in [3.05, 3.63) is 39.2 Å². The molecule has 1 amide bonds. The molecule has 1 aromatic carbocycles. The lowest BCUT2D eigenvalue weighted by molar-refractivity contribution is -0.385. The van der Waals surface area contributed by atoms with Crippen LogP contribution in [-0.4, -0.2) is 17.9 Å². The summed E-state index contributed by atoms with van der Waals surface area (Å²) in [6.45, 7) is 1.41. The lowest BCUT2D eigenvalue weighted by Gasteiger charge is -2.03. The number of nitrogens with zero attached hydrogens (tertiary/aromatic N) is 1. The molecule has 0 saturated heterocycles. The summed E-state index contributed by atoms with van der Waals surface area (Å²) in [4.78, 5) is 21.0. The quantitative estimate of drug-likeness (QED) is 0.594. The fourth-order valence-electron chi connectivity index (χ4n) is 1.17. The molecule has 1 N–H and O–H groups in total. The third-order valence-electron chi connectivity index (χ3n) is 1.95. The number of rotatable bonds is 2. The van der Waals surface area contributed by atoms with Gasteiger partial charge in [-0.2, -0.15) is 0 Å². The van der Waals surface area contributed by atoms with Crippen LogP contribution in [0, 0.1) is 22.9 Å². The molecule has 5 nitrogen and oxygen atoms in total. The van der Waals surface area contributed by atoms with Crippen LogP contribution in [-0.2, 0) is 0 Å². The Bertz CT molecular complexity index is 432. The Morgan fingerprint density at radius 1 is 1.53 bits per heavy atom. The van der Waals surface area contributed by atoms with Crippen LogP contribution < -0.4 is 5.32 Å². The summed E-state index contributed by atoms with van der Waals surface area (Å²) in [7, 11) is 1.33. The highest BCUT2D eigenvalue weighted by atomic mass is 19.1. The second-order valence-electron chi connectivity index (χ2n) is 2.95. The van der Waals surface area contributed by atoms with Crippen molar-refractivity contribution in [3.63, 3.8) is 0 Å². The van der Waals surface area contributed by atoms with E-state index in [1.165, 1.54) is 14.0 Å². The van der Waals surface area contributed by atoms with E-state index in [0.29, 0.717) is 0 Å². The van der Waals surface area contributed by atoms with Gasteiger partial charge < -0.3 is 5.32 Å². The second kappa shape index (κ2) is 4.04. The minimum atomic E-state index is -0.766. The van der Waals surface area contributed by atoms with E-state index < -0.39 is 16.6 Å². The third kappa shape index (κ3) is 2.09. The number of amides is 1. The Morgan fingerprint density at radius 3 is 2.60 bits per heavy atom. The van der Waals surface area contributed by atoms with Gasteiger partial charge in [0.25, 0.3) is 11.6 Å². The number of hydrogen-bond donors (Lipinski definition) is 1. The number of carbonyl (C=O) groups excluding carboxylic acids is 1. The van der Waals surface area contributed by atoms with Crippen molar-refractivity contribution in [2.24, 2.45) is 0 Å². The maximum absolute atomic E-state index is 13.2. The second-order valence-corrected chi connectivity index (χ2v) is 2.95. The molecule has 0 aromatic heterocycles. The molecule has 80 valence electrons. The number of aryl methyl sites for hydroxylation is 1. The van der Waals surface area contributed by atoms with Gasteiger partial charge >= 0.3 is 0 Å². The molecule has 0 aliphatic heterocycles. The van der Waals surface area contributed by atoms with Crippen LogP contribution in [0.3, 0.4) is 0 Å². The van der Waals surface area contributed by atoms with Gasteiger partial charge in [0.15, 0.2) is 0 Å². The Balaban J connectivity index is 3.36. The predicted octanol–water partition coefficient (Wildman–Crippen LogP) is 1.40. The van der Waals surface area contributed by atoms with Gasteiger partial charge in [-0.1, -0.05) is 0 Å². The maximum atomic E-state index is 13.2. The zero-order valence-electron chi connectivity index (χ0n) is 8.20. The highest BCUT2D eigenvalue weighted by Crippen LogP contribution is 2.21. The van der Waals surface area contributed by atoms with E-state index in [1.54, 1.807) is 0 Å². The third-order valence-corrected chi connectivity index (χ3v) is 1.95. The first kappa shape index (κ1) is 11.1. The molecule has 0 atom stereocenters. The first-order valence-electron chi connectivity index (χ1n) is 4.14. The lowest BCUT2D eigenvalue weighted by atomic mass is 10.1. The molecule has 0 aliphatic carbocycles. The Labute approximate surface area is 85.1 Å². The minimum Gasteiger partial charge on any atom is -0.355 e. The van der Waals surface area contributed by atoms with Crippen LogP contribution in [0.15, 0.2) is 12.1 Å². The summed E-state index contributed by atoms with van der Waals surface area (Å²) in [5, 5.41) is 12.8. The average Bonchev–Trinajstić information content (AvgIpc) is 2.16. The summed E-state index contributed by atoms with van der Waals surface area (Å²) in [6, 6.07) is 1.91. The molecule has 0 unspecified atom stereocenters. The molecule has 1 aromatic rings. The summed E-state index contributed by atoms with van der Waals surface area (Å²) in [5.41, 5.74) is -0.407. The fourth-order valence-corrected chi connectivity index (χ4v) is 1.17. The normalized spacial score (nSPS) is 9.80. The zero-order valence-corrected chi connectivity index (χ0v) is 8.20. The average molecular weight is 212 g/mol. The molecule has 6 heteroatoms. The first-order chi connectivity index (χ1) is 6.97. The van der Waals surface area contributed by atoms with Crippen LogP contribution in [0.1, 0.15) is 15.9 Å². The molecule has 0 heterocycles. The van der Waals surface area contributed by atoms with Gasteiger partial charge in [-0.15, -0.1) is 0 Å². The van der Waals surface area contributed by atoms with Gasteiger partial charge in [0.2, 0.25) is 0 Å². The molecular weight excluding hydrogens is 203 g/mol. The summed E-state index contributed by atoms with van der Waals surface area (Å²) in [6.07, 6.45) is 0. The van der Waals surface area contributed by atoms with Crippen molar-refractivity contribution < 1.29 is 14.1 Å². The number of carbonyl (C=O) groups is 1. The van der Waals surface area contributed by atoms with E-state index in [4.69, 9.17) is 0 Å². The number of benzene rings is 1. The van der Waals surface area contributed by atoms with E-state index >= 15 is 0 Å². The number of hydrogen-bond acceptors (Lipinski definition) is 3. The van der Waals surface area contributed by atoms with E-state index in [-0.39, 0.29) is 16.8 Å². The van der Waals surface area contributed by atoms with Gasteiger partial charge in [-0.05, 0) is 13.0 Å². The fraction of sp³-hybridized carbons (Fsp3) is 0.222. The van der Waals surface area contributed by atoms with Crippen molar-refractivity contribution in [1.82, 2.24) is 5.32 Å². The molecular formula is C9H9FN2O3. The van der Waals surface area contributed by atoms with Crippen molar-refractivity contribution >= 4 is 11.6 Å². The van der Waals surface area contributed by atoms with Crippen molar-refractivity contribution in [2.75, 3.05) is 7.05 Å². The van der Waals surface area contributed by atoms with Crippen molar-refractivity contribution in [2.45, 2.75) is 6.92 Å². The largest absolute Gasteiger partial charge is 0.355 e. The van der Waals surface area contributed by atoms with Crippen LogP contribution >= 0.6 is 0 Å². The van der Waals surface area contributed by atoms with Gasteiger partial charge in [0, 0.05) is 18.7 Å². The molecule has 15 heavy (non-hydrogen) atoms. The molecule has 0 saturated carbocycles. The van der Waals surface area contributed by atoms with E-state index in [1.807, 2.05) is 0 Å². The summed E-state index contributed by atoms with van der Waals surface area (Å²) >= 11 is 0. The zero-order chi connectivity index (χ0) is 11.6. The standard InChI is InChI=1S/C9H9FN2O3/c1-5-3-7(10)6(9(13)11-2)4-8(5)12(14)15/h3-4H,1-2H3,(H,11,13). The van der Waals surface area contributed by atoms with Crippen LogP contribution in [0.2, 0.25) is 0 Å². The van der Waals surface area contributed by atoms with E-state index in [2.05, 4.69) is 5.32 Å². The summed E-state index contributed by atoms with van der Waals surface area (Å²) < 4.78 is 13.2. The first-order valence-corrected chi connectivity index (χ1v) is 4.14. The number of nitro groups is 1. The van der Waals surface area contributed by atoms with Crippen LogP contribution in [0.4, 0.5) is 10.1 Å². The Morgan fingerprint density at radius 2 is 2.13 bits per heavy atom. The topological polar surface area (TPSA) is 72.2 Å². The number of nitro benzene ring substituents is 1. The molecule has 0 fully saturated rings. The van der Waals surface area contributed by atoms with Gasteiger partial charge in [-0.25, -0.2) is 4.39 Å². The van der Waals surface area contributed by atoms with E-state index in [0.717, 1.165) is 12.1 Å². The van der Waals surface area contributed by atoms with Crippen LogP contribution in [0.25, 0.3) is 0 Å². The van der Waals surface area contributed by atoms with Gasteiger partial charge in [0.05, 0.1) is 10.5 Å². The Kier molecular flexibility index (Phi) is 2.99. The summed E-state index contributed by atoms with van der Waals surface area (Å²) in [5.74, 6) is -1.45. The molecule has 0 radical (unpaired) electrons. The highest BCUT2D eigenvalue weighted by molar-refractivity contribution is 5.95. The molecule has 0 aliphatic rings.